The second-order valence-corrected chi connectivity index (χ2v) is 7.86. The predicted octanol–water partition coefficient (Wildman–Crippen LogP) is 5.44. The predicted molar refractivity (Wildman–Crippen MR) is 111 cm³/mol. The molecule has 0 saturated heterocycles. The summed E-state index contributed by atoms with van der Waals surface area (Å²) in [4.78, 5) is 0. The first-order valence-electron chi connectivity index (χ1n) is 9.36. The van der Waals surface area contributed by atoms with Crippen molar-refractivity contribution in [2.75, 3.05) is 12.4 Å². The van der Waals surface area contributed by atoms with E-state index in [0.29, 0.717) is 17.7 Å². The second kappa shape index (κ2) is 9.64. The molecular weight excluding hydrogens is 372 g/mol. The van der Waals surface area contributed by atoms with Gasteiger partial charge in [-0.25, -0.2) is 0 Å². The highest BCUT2D eigenvalue weighted by atomic mass is 32.2. The van der Waals surface area contributed by atoms with Crippen molar-refractivity contribution in [1.82, 2.24) is 10.2 Å². The van der Waals surface area contributed by atoms with Gasteiger partial charge in [0.05, 0.1) is 6.61 Å². The van der Waals surface area contributed by atoms with Crippen LogP contribution in [0, 0.1) is 27.7 Å². The fourth-order valence-electron chi connectivity index (χ4n) is 2.57. The van der Waals surface area contributed by atoms with Gasteiger partial charge in [0.25, 0.3) is 11.1 Å². The molecule has 0 amide bonds. The van der Waals surface area contributed by atoms with Crippen LogP contribution in [0.15, 0.2) is 46.0 Å². The number of ether oxygens (including phenoxy) is 2. The topological polar surface area (TPSA) is 57.4 Å². The van der Waals surface area contributed by atoms with E-state index in [0.717, 1.165) is 34.8 Å². The highest BCUT2D eigenvalue weighted by Crippen LogP contribution is 2.22. The maximum Gasteiger partial charge on any atom is 0.276 e. The lowest BCUT2D eigenvalue weighted by Gasteiger charge is -2.08. The lowest BCUT2D eigenvalue weighted by Crippen LogP contribution is -1.99. The highest BCUT2D eigenvalue weighted by molar-refractivity contribution is 7.99. The third kappa shape index (κ3) is 5.76. The summed E-state index contributed by atoms with van der Waals surface area (Å²) in [6.07, 6.45) is 0.897. The van der Waals surface area contributed by atoms with Gasteiger partial charge in [-0.3, -0.25) is 0 Å². The van der Waals surface area contributed by atoms with Gasteiger partial charge in [-0.1, -0.05) is 30.0 Å². The molecule has 148 valence electrons. The fraction of sp³-hybridized carbons (Fsp3) is 0.364. The molecule has 0 atom stereocenters. The summed E-state index contributed by atoms with van der Waals surface area (Å²) >= 11 is 1.53. The Kier molecular flexibility index (Phi) is 6.98. The minimum Gasteiger partial charge on any atom is -0.494 e. The van der Waals surface area contributed by atoms with E-state index in [-0.39, 0.29) is 6.61 Å². The molecule has 0 aliphatic heterocycles. The molecule has 0 unspecified atom stereocenters. The minimum absolute atomic E-state index is 0.272. The van der Waals surface area contributed by atoms with E-state index in [1.54, 1.807) is 0 Å². The zero-order valence-corrected chi connectivity index (χ0v) is 17.6. The Morgan fingerprint density at radius 2 is 1.71 bits per heavy atom. The van der Waals surface area contributed by atoms with Crippen LogP contribution in [0.3, 0.4) is 0 Å². The molecule has 0 fully saturated rings. The van der Waals surface area contributed by atoms with Gasteiger partial charge in [-0.05, 0) is 74.6 Å². The maximum atomic E-state index is 5.80. The highest BCUT2D eigenvalue weighted by Gasteiger charge is 2.09. The lowest BCUT2D eigenvalue weighted by molar-refractivity contribution is 0.250. The van der Waals surface area contributed by atoms with E-state index in [9.17, 15) is 0 Å². The SMILES string of the molecule is Cc1ccc(C)c(OCc2nnc(SCCCOc3ccc(C)c(C)c3)o2)c1. The molecule has 0 bridgehead atoms. The number of benzene rings is 2. The van der Waals surface area contributed by atoms with E-state index in [4.69, 9.17) is 13.9 Å². The molecule has 2 aromatic carbocycles. The summed E-state index contributed by atoms with van der Waals surface area (Å²) in [6.45, 7) is 9.18. The summed E-state index contributed by atoms with van der Waals surface area (Å²) in [6, 6.07) is 12.3. The minimum atomic E-state index is 0.272. The Bertz CT molecular complexity index is 924. The van der Waals surface area contributed by atoms with Crippen LogP contribution >= 0.6 is 11.8 Å². The van der Waals surface area contributed by atoms with E-state index in [1.165, 1.54) is 22.9 Å². The molecule has 3 aromatic rings. The van der Waals surface area contributed by atoms with Gasteiger partial charge in [-0.2, -0.15) is 0 Å². The van der Waals surface area contributed by atoms with Gasteiger partial charge in [-0.15, -0.1) is 10.2 Å². The van der Waals surface area contributed by atoms with E-state index in [1.807, 2.05) is 32.0 Å². The molecule has 5 nitrogen and oxygen atoms in total. The monoisotopic (exact) mass is 398 g/mol. The normalized spacial score (nSPS) is 10.9. The quantitative estimate of drug-likeness (QED) is 0.353. The summed E-state index contributed by atoms with van der Waals surface area (Å²) in [5.74, 6) is 3.09. The van der Waals surface area contributed by atoms with Gasteiger partial charge in [0.2, 0.25) is 0 Å². The summed E-state index contributed by atoms with van der Waals surface area (Å²) in [5, 5.41) is 8.69. The largest absolute Gasteiger partial charge is 0.494 e. The Balaban J connectivity index is 1.38. The molecule has 0 aliphatic carbocycles. The summed E-state index contributed by atoms with van der Waals surface area (Å²) in [5.41, 5.74) is 4.76. The Morgan fingerprint density at radius 3 is 2.54 bits per heavy atom. The Labute approximate surface area is 170 Å². The zero-order chi connectivity index (χ0) is 19.9. The number of thioether (sulfide) groups is 1. The van der Waals surface area contributed by atoms with E-state index in [2.05, 4.69) is 42.2 Å². The van der Waals surface area contributed by atoms with Crippen LogP contribution in [0.2, 0.25) is 0 Å². The van der Waals surface area contributed by atoms with E-state index < -0.39 is 0 Å². The average molecular weight is 399 g/mol. The molecule has 0 aliphatic rings. The number of aromatic nitrogens is 2. The summed E-state index contributed by atoms with van der Waals surface area (Å²) < 4.78 is 17.2. The smallest absolute Gasteiger partial charge is 0.276 e. The molecule has 1 aromatic heterocycles. The molecule has 6 heteroatoms. The number of rotatable bonds is 9. The molecule has 0 N–H and O–H groups in total. The van der Waals surface area contributed by atoms with Crippen molar-refractivity contribution < 1.29 is 13.9 Å². The number of hydrogen-bond donors (Lipinski definition) is 0. The number of hydrogen-bond acceptors (Lipinski definition) is 6. The third-order valence-corrected chi connectivity index (χ3v) is 5.31. The standard InChI is InChI=1S/C22H26N2O3S/c1-15-6-7-17(3)20(12-15)26-14-21-23-24-22(27-21)28-11-5-10-25-19-9-8-16(2)18(4)13-19/h6-9,12-13H,5,10-11,14H2,1-4H3. The summed E-state index contributed by atoms with van der Waals surface area (Å²) in [7, 11) is 0. The zero-order valence-electron chi connectivity index (χ0n) is 16.8. The van der Waals surface area contributed by atoms with Crippen LogP contribution in [0.25, 0.3) is 0 Å². The molecule has 0 spiro atoms. The molecular formula is C22H26N2O3S. The van der Waals surface area contributed by atoms with Crippen LogP contribution < -0.4 is 9.47 Å². The van der Waals surface area contributed by atoms with E-state index >= 15 is 0 Å². The van der Waals surface area contributed by atoms with Gasteiger partial charge in [0.1, 0.15) is 11.5 Å². The fourth-order valence-corrected chi connectivity index (χ4v) is 3.26. The average Bonchev–Trinajstić information content (AvgIpc) is 3.13. The first-order valence-corrected chi connectivity index (χ1v) is 10.3. The van der Waals surface area contributed by atoms with Crippen molar-refractivity contribution in [3.8, 4) is 11.5 Å². The van der Waals surface area contributed by atoms with Gasteiger partial charge in [0, 0.05) is 5.75 Å². The van der Waals surface area contributed by atoms with Crippen molar-refractivity contribution in [3.63, 3.8) is 0 Å². The Hall–Kier alpha value is -2.47. The Morgan fingerprint density at radius 1 is 0.893 bits per heavy atom. The van der Waals surface area contributed by atoms with Gasteiger partial charge in [0.15, 0.2) is 6.61 Å². The molecule has 0 saturated carbocycles. The second-order valence-electron chi connectivity index (χ2n) is 6.82. The molecule has 0 radical (unpaired) electrons. The van der Waals surface area contributed by atoms with Crippen molar-refractivity contribution in [1.29, 1.82) is 0 Å². The van der Waals surface area contributed by atoms with Crippen LogP contribution in [0.4, 0.5) is 0 Å². The maximum absolute atomic E-state index is 5.80. The third-order valence-electron chi connectivity index (χ3n) is 4.40. The molecule has 28 heavy (non-hydrogen) atoms. The first-order chi connectivity index (χ1) is 13.5. The van der Waals surface area contributed by atoms with Gasteiger partial charge < -0.3 is 13.9 Å². The van der Waals surface area contributed by atoms with Crippen LogP contribution in [0.1, 0.15) is 34.6 Å². The lowest BCUT2D eigenvalue weighted by atomic mass is 10.1. The van der Waals surface area contributed by atoms with Crippen LogP contribution in [-0.2, 0) is 6.61 Å². The van der Waals surface area contributed by atoms with Crippen molar-refractivity contribution in [3.05, 3.63) is 64.5 Å². The number of aryl methyl sites for hydroxylation is 4. The van der Waals surface area contributed by atoms with Crippen molar-refractivity contribution >= 4 is 11.8 Å². The number of nitrogens with zero attached hydrogens (tertiary/aromatic N) is 2. The van der Waals surface area contributed by atoms with Crippen LogP contribution in [-0.4, -0.2) is 22.6 Å². The molecule has 1 heterocycles. The first kappa shape index (κ1) is 20.3. The van der Waals surface area contributed by atoms with Gasteiger partial charge >= 0.3 is 0 Å². The van der Waals surface area contributed by atoms with Crippen molar-refractivity contribution in [2.45, 2.75) is 45.9 Å². The van der Waals surface area contributed by atoms with Crippen LogP contribution in [0.5, 0.6) is 11.5 Å². The molecule has 3 rings (SSSR count). The van der Waals surface area contributed by atoms with Crippen molar-refractivity contribution in [2.24, 2.45) is 0 Å².